The Balaban J connectivity index is 1.90. The summed E-state index contributed by atoms with van der Waals surface area (Å²) in [6.45, 7) is 7.19. The highest BCUT2D eigenvalue weighted by Crippen LogP contribution is 2.10. The molecule has 0 fully saturated rings. The van der Waals surface area contributed by atoms with E-state index in [4.69, 9.17) is 4.42 Å². The van der Waals surface area contributed by atoms with Gasteiger partial charge in [-0.1, -0.05) is 43.7 Å². The molecule has 1 N–H and O–H groups in total. The lowest BCUT2D eigenvalue weighted by Gasteiger charge is -2.04. The summed E-state index contributed by atoms with van der Waals surface area (Å²) in [6.07, 6.45) is 1.48. The van der Waals surface area contributed by atoms with Crippen LogP contribution in [0, 0.1) is 6.92 Å². The summed E-state index contributed by atoms with van der Waals surface area (Å²) < 4.78 is 5.65. The SMILES string of the molecule is Cc1cccc(Cc2nnc(CCNC(C)C)o2)c1. The Kier molecular flexibility index (Phi) is 4.68. The molecule has 0 aliphatic rings. The second kappa shape index (κ2) is 6.48. The monoisotopic (exact) mass is 259 g/mol. The second-order valence-electron chi connectivity index (χ2n) is 5.11. The van der Waals surface area contributed by atoms with Crippen molar-refractivity contribution in [2.75, 3.05) is 6.54 Å². The fourth-order valence-electron chi connectivity index (χ4n) is 1.93. The van der Waals surface area contributed by atoms with Crippen LogP contribution in [0.15, 0.2) is 28.7 Å². The van der Waals surface area contributed by atoms with E-state index in [1.807, 2.05) is 0 Å². The molecule has 102 valence electrons. The minimum absolute atomic E-state index is 0.481. The fourth-order valence-corrected chi connectivity index (χ4v) is 1.93. The molecule has 4 nitrogen and oxygen atoms in total. The van der Waals surface area contributed by atoms with Gasteiger partial charge in [-0.25, -0.2) is 0 Å². The largest absolute Gasteiger partial charge is 0.425 e. The highest BCUT2D eigenvalue weighted by molar-refractivity contribution is 5.24. The van der Waals surface area contributed by atoms with Crippen LogP contribution in [0.5, 0.6) is 0 Å². The Bertz CT molecular complexity index is 520. The number of benzene rings is 1. The molecule has 19 heavy (non-hydrogen) atoms. The van der Waals surface area contributed by atoms with Crippen molar-refractivity contribution in [3.63, 3.8) is 0 Å². The van der Waals surface area contributed by atoms with Gasteiger partial charge in [0.2, 0.25) is 11.8 Å². The standard InChI is InChI=1S/C15H21N3O/c1-11(2)16-8-7-14-17-18-15(19-14)10-13-6-4-5-12(3)9-13/h4-6,9,11,16H,7-8,10H2,1-3H3. The van der Waals surface area contributed by atoms with Gasteiger partial charge in [0.05, 0.1) is 6.42 Å². The van der Waals surface area contributed by atoms with Crippen molar-refractivity contribution in [2.24, 2.45) is 0 Å². The van der Waals surface area contributed by atoms with Crippen molar-refractivity contribution in [3.05, 3.63) is 47.2 Å². The van der Waals surface area contributed by atoms with Gasteiger partial charge in [-0.3, -0.25) is 0 Å². The molecule has 0 spiro atoms. The first-order valence-corrected chi connectivity index (χ1v) is 6.73. The topological polar surface area (TPSA) is 51.0 Å². The van der Waals surface area contributed by atoms with Gasteiger partial charge >= 0.3 is 0 Å². The van der Waals surface area contributed by atoms with Crippen molar-refractivity contribution in [1.29, 1.82) is 0 Å². The summed E-state index contributed by atoms with van der Waals surface area (Å²) in [5, 5.41) is 11.5. The third kappa shape index (κ3) is 4.48. The number of nitrogens with one attached hydrogen (secondary N) is 1. The minimum Gasteiger partial charge on any atom is -0.425 e. The normalized spacial score (nSPS) is 11.2. The van der Waals surface area contributed by atoms with Crippen LogP contribution in [0.2, 0.25) is 0 Å². The maximum Gasteiger partial charge on any atom is 0.220 e. The molecular formula is C15H21N3O. The molecule has 1 aromatic carbocycles. The number of hydrogen-bond acceptors (Lipinski definition) is 4. The summed E-state index contributed by atoms with van der Waals surface area (Å²) >= 11 is 0. The highest BCUT2D eigenvalue weighted by atomic mass is 16.4. The molecule has 1 aromatic heterocycles. The Labute approximate surface area is 114 Å². The lowest BCUT2D eigenvalue weighted by molar-refractivity contribution is 0.446. The maximum absolute atomic E-state index is 5.65. The van der Waals surface area contributed by atoms with Gasteiger partial charge in [-0.15, -0.1) is 10.2 Å². The third-order valence-corrected chi connectivity index (χ3v) is 2.84. The zero-order valence-corrected chi connectivity index (χ0v) is 11.8. The molecule has 0 unspecified atom stereocenters. The molecule has 0 atom stereocenters. The average Bonchev–Trinajstić information content (AvgIpc) is 2.76. The molecule has 0 saturated heterocycles. The zero-order chi connectivity index (χ0) is 13.7. The third-order valence-electron chi connectivity index (χ3n) is 2.84. The smallest absolute Gasteiger partial charge is 0.220 e. The predicted octanol–water partition coefficient (Wildman–Crippen LogP) is 2.51. The van der Waals surface area contributed by atoms with Crippen molar-refractivity contribution in [3.8, 4) is 0 Å². The van der Waals surface area contributed by atoms with Crippen molar-refractivity contribution in [2.45, 2.75) is 39.7 Å². The van der Waals surface area contributed by atoms with Gasteiger partial charge in [0.25, 0.3) is 0 Å². The first kappa shape index (κ1) is 13.7. The van der Waals surface area contributed by atoms with Gasteiger partial charge in [0.15, 0.2) is 0 Å². The van der Waals surface area contributed by atoms with Crippen LogP contribution in [0.4, 0.5) is 0 Å². The number of rotatable bonds is 6. The van der Waals surface area contributed by atoms with Crippen LogP contribution in [-0.2, 0) is 12.8 Å². The van der Waals surface area contributed by atoms with Crippen LogP contribution in [0.25, 0.3) is 0 Å². The summed E-state index contributed by atoms with van der Waals surface area (Å²) in [7, 11) is 0. The number of aromatic nitrogens is 2. The van der Waals surface area contributed by atoms with Gasteiger partial charge in [0, 0.05) is 19.0 Å². The Morgan fingerprint density at radius 3 is 2.74 bits per heavy atom. The molecule has 4 heteroatoms. The van der Waals surface area contributed by atoms with Crippen LogP contribution in [0.1, 0.15) is 36.8 Å². The van der Waals surface area contributed by atoms with Crippen LogP contribution < -0.4 is 5.32 Å². The van der Waals surface area contributed by atoms with Crippen LogP contribution >= 0.6 is 0 Å². The summed E-state index contributed by atoms with van der Waals surface area (Å²) in [6, 6.07) is 8.84. The van der Waals surface area contributed by atoms with E-state index in [9.17, 15) is 0 Å². The highest BCUT2D eigenvalue weighted by Gasteiger charge is 2.07. The molecule has 0 bridgehead atoms. The molecule has 0 aliphatic heterocycles. The molecule has 1 heterocycles. The average molecular weight is 259 g/mol. The summed E-state index contributed by atoms with van der Waals surface area (Å²) in [4.78, 5) is 0. The molecule has 2 aromatic rings. The van der Waals surface area contributed by atoms with E-state index in [0.717, 1.165) is 13.0 Å². The van der Waals surface area contributed by atoms with Crippen molar-refractivity contribution >= 4 is 0 Å². The fraction of sp³-hybridized carbons (Fsp3) is 0.467. The van der Waals surface area contributed by atoms with Crippen molar-refractivity contribution < 1.29 is 4.42 Å². The molecule has 2 rings (SSSR count). The molecule has 0 saturated carbocycles. The number of nitrogens with zero attached hydrogens (tertiary/aromatic N) is 2. The first-order valence-electron chi connectivity index (χ1n) is 6.73. The Morgan fingerprint density at radius 1 is 1.21 bits per heavy atom. The van der Waals surface area contributed by atoms with E-state index < -0.39 is 0 Å². The summed E-state index contributed by atoms with van der Waals surface area (Å²) in [5.41, 5.74) is 2.45. The lowest BCUT2D eigenvalue weighted by atomic mass is 10.1. The van der Waals surface area contributed by atoms with Crippen molar-refractivity contribution in [1.82, 2.24) is 15.5 Å². The van der Waals surface area contributed by atoms with Gasteiger partial charge < -0.3 is 9.73 Å². The van der Waals surface area contributed by atoms with Crippen LogP contribution in [0.3, 0.4) is 0 Å². The van der Waals surface area contributed by atoms with Crippen LogP contribution in [-0.4, -0.2) is 22.8 Å². The van der Waals surface area contributed by atoms with E-state index in [0.29, 0.717) is 24.2 Å². The second-order valence-corrected chi connectivity index (χ2v) is 5.11. The van der Waals surface area contributed by atoms with E-state index in [-0.39, 0.29) is 0 Å². The number of aryl methyl sites for hydroxylation is 1. The zero-order valence-electron chi connectivity index (χ0n) is 11.8. The van der Waals surface area contributed by atoms with E-state index in [2.05, 4.69) is 60.6 Å². The van der Waals surface area contributed by atoms with E-state index >= 15 is 0 Å². The molecular weight excluding hydrogens is 238 g/mol. The first-order chi connectivity index (χ1) is 9.13. The van der Waals surface area contributed by atoms with E-state index in [1.165, 1.54) is 11.1 Å². The lowest BCUT2D eigenvalue weighted by Crippen LogP contribution is -2.25. The van der Waals surface area contributed by atoms with Gasteiger partial charge in [-0.05, 0) is 12.5 Å². The van der Waals surface area contributed by atoms with E-state index in [1.54, 1.807) is 0 Å². The summed E-state index contributed by atoms with van der Waals surface area (Å²) in [5.74, 6) is 1.39. The minimum atomic E-state index is 0.481. The molecule has 0 aliphatic carbocycles. The number of hydrogen-bond donors (Lipinski definition) is 1. The Morgan fingerprint density at radius 2 is 2.00 bits per heavy atom. The predicted molar refractivity (Wildman–Crippen MR) is 75.1 cm³/mol. The quantitative estimate of drug-likeness (QED) is 0.866. The maximum atomic E-state index is 5.65. The van der Waals surface area contributed by atoms with Gasteiger partial charge in [-0.2, -0.15) is 0 Å². The van der Waals surface area contributed by atoms with Gasteiger partial charge in [0.1, 0.15) is 0 Å². The Hall–Kier alpha value is -1.68. The molecule has 0 amide bonds. The molecule has 0 radical (unpaired) electrons.